The van der Waals surface area contributed by atoms with Gasteiger partial charge in [-0.2, -0.15) is 0 Å². The van der Waals surface area contributed by atoms with Gasteiger partial charge in [-0.05, 0) is 43.2 Å². The van der Waals surface area contributed by atoms with Crippen molar-refractivity contribution in [2.45, 2.75) is 26.3 Å². The van der Waals surface area contributed by atoms with Crippen LogP contribution in [-0.2, 0) is 11.2 Å². The maximum atomic E-state index is 12.2. The Morgan fingerprint density at radius 2 is 1.64 bits per heavy atom. The predicted molar refractivity (Wildman–Crippen MR) is 100 cm³/mol. The molecule has 0 aliphatic rings. The van der Waals surface area contributed by atoms with Crippen LogP contribution in [0.25, 0.3) is 0 Å². The summed E-state index contributed by atoms with van der Waals surface area (Å²) in [5.74, 6) is -0.534. The molecule has 4 N–H and O–H groups in total. The molecule has 0 saturated heterocycles. The van der Waals surface area contributed by atoms with Crippen LogP contribution in [0.4, 0.5) is 5.69 Å². The van der Waals surface area contributed by atoms with Crippen LogP contribution < -0.4 is 16.4 Å². The van der Waals surface area contributed by atoms with Crippen LogP contribution in [-0.4, -0.2) is 24.4 Å². The Bertz CT molecular complexity index is 697. The number of carbonyl (C=O) groups is 2. The summed E-state index contributed by atoms with van der Waals surface area (Å²) in [5, 5.41) is 5.70. The highest BCUT2D eigenvalue weighted by Gasteiger charge is 2.17. The second-order valence-corrected chi connectivity index (χ2v) is 6.21. The third-order valence-corrected chi connectivity index (χ3v) is 4.16. The Morgan fingerprint density at radius 3 is 2.24 bits per heavy atom. The number of benzene rings is 2. The first kappa shape index (κ1) is 18.7. The number of hydrogen-bond acceptors (Lipinski definition) is 3. The van der Waals surface area contributed by atoms with Crippen molar-refractivity contribution in [3.05, 3.63) is 65.7 Å². The van der Waals surface area contributed by atoms with E-state index in [4.69, 9.17) is 5.73 Å². The molecule has 132 valence electrons. The molecule has 2 rings (SSSR count). The molecule has 0 aromatic heterocycles. The van der Waals surface area contributed by atoms with Crippen LogP contribution in [0, 0.1) is 5.92 Å². The number of anilines is 1. The molecule has 0 fully saturated rings. The first-order valence-electron chi connectivity index (χ1n) is 8.46. The highest BCUT2D eigenvalue weighted by Crippen LogP contribution is 2.12. The molecule has 25 heavy (non-hydrogen) atoms. The van der Waals surface area contributed by atoms with Crippen LogP contribution >= 0.6 is 0 Å². The number of amides is 2. The summed E-state index contributed by atoms with van der Waals surface area (Å²) < 4.78 is 0. The van der Waals surface area contributed by atoms with Gasteiger partial charge in [-0.15, -0.1) is 0 Å². The highest BCUT2D eigenvalue weighted by molar-refractivity contribution is 5.96. The zero-order valence-corrected chi connectivity index (χ0v) is 14.7. The first-order chi connectivity index (χ1) is 12.0. The van der Waals surface area contributed by atoms with Crippen molar-refractivity contribution in [2.24, 2.45) is 11.7 Å². The molecule has 0 spiro atoms. The van der Waals surface area contributed by atoms with Gasteiger partial charge in [0.1, 0.15) is 0 Å². The SMILES string of the molecule is CC(N)C(C)C(=O)Nc1ccc(C(=O)NCCc2ccccc2)cc1. The molecule has 0 aliphatic heterocycles. The van der Waals surface area contributed by atoms with Crippen molar-refractivity contribution in [1.82, 2.24) is 5.32 Å². The second kappa shape index (κ2) is 8.99. The minimum absolute atomic E-state index is 0.127. The van der Waals surface area contributed by atoms with Gasteiger partial charge >= 0.3 is 0 Å². The van der Waals surface area contributed by atoms with E-state index in [1.54, 1.807) is 38.1 Å². The molecule has 2 atom stereocenters. The summed E-state index contributed by atoms with van der Waals surface area (Å²) >= 11 is 0. The monoisotopic (exact) mass is 339 g/mol. The smallest absolute Gasteiger partial charge is 0.251 e. The maximum Gasteiger partial charge on any atom is 0.251 e. The van der Waals surface area contributed by atoms with Gasteiger partial charge in [0.05, 0.1) is 5.92 Å². The lowest BCUT2D eigenvalue weighted by Gasteiger charge is -2.15. The summed E-state index contributed by atoms with van der Waals surface area (Å²) in [5.41, 5.74) is 8.13. The molecule has 5 heteroatoms. The molecule has 2 unspecified atom stereocenters. The molecule has 2 aromatic carbocycles. The third kappa shape index (κ3) is 5.72. The van der Waals surface area contributed by atoms with E-state index < -0.39 is 0 Å². The fraction of sp³-hybridized carbons (Fsp3) is 0.300. The molecular weight excluding hydrogens is 314 g/mol. The van der Waals surface area contributed by atoms with E-state index in [0.29, 0.717) is 17.8 Å². The largest absolute Gasteiger partial charge is 0.352 e. The van der Waals surface area contributed by atoms with Crippen molar-refractivity contribution in [3.8, 4) is 0 Å². The van der Waals surface area contributed by atoms with E-state index in [0.717, 1.165) is 6.42 Å². The summed E-state index contributed by atoms with van der Waals surface area (Å²) in [6.45, 7) is 4.16. The van der Waals surface area contributed by atoms with Gasteiger partial charge in [0.2, 0.25) is 5.91 Å². The quantitative estimate of drug-likeness (QED) is 0.725. The van der Waals surface area contributed by atoms with Crippen molar-refractivity contribution >= 4 is 17.5 Å². The van der Waals surface area contributed by atoms with Gasteiger partial charge in [0, 0.05) is 23.8 Å². The van der Waals surface area contributed by atoms with Crippen molar-refractivity contribution in [1.29, 1.82) is 0 Å². The lowest BCUT2D eigenvalue weighted by atomic mass is 10.0. The summed E-state index contributed by atoms with van der Waals surface area (Å²) in [6.07, 6.45) is 0.788. The zero-order valence-electron chi connectivity index (χ0n) is 14.7. The minimum Gasteiger partial charge on any atom is -0.352 e. The Labute approximate surface area is 148 Å². The van der Waals surface area contributed by atoms with Gasteiger partial charge < -0.3 is 16.4 Å². The fourth-order valence-corrected chi connectivity index (χ4v) is 2.27. The number of hydrogen-bond donors (Lipinski definition) is 3. The molecule has 0 radical (unpaired) electrons. The number of nitrogens with two attached hydrogens (primary N) is 1. The first-order valence-corrected chi connectivity index (χ1v) is 8.46. The molecule has 2 aromatic rings. The summed E-state index contributed by atoms with van der Waals surface area (Å²) in [4.78, 5) is 24.1. The third-order valence-electron chi connectivity index (χ3n) is 4.16. The summed E-state index contributed by atoms with van der Waals surface area (Å²) in [7, 11) is 0. The van der Waals surface area contributed by atoms with E-state index in [-0.39, 0.29) is 23.8 Å². The van der Waals surface area contributed by atoms with Crippen molar-refractivity contribution in [2.75, 3.05) is 11.9 Å². The normalized spacial score (nSPS) is 12.9. The Morgan fingerprint density at radius 1 is 1.00 bits per heavy atom. The van der Waals surface area contributed by atoms with E-state index >= 15 is 0 Å². The van der Waals surface area contributed by atoms with Gasteiger partial charge in [0.15, 0.2) is 0 Å². The Kier molecular flexibility index (Phi) is 6.71. The van der Waals surface area contributed by atoms with E-state index in [2.05, 4.69) is 10.6 Å². The number of nitrogens with one attached hydrogen (secondary N) is 2. The Balaban J connectivity index is 1.84. The molecule has 0 saturated carbocycles. The maximum absolute atomic E-state index is 12.2. The molecule has 5 nitrogen and oxygen atoms in total. The Hall–Kier alpha value is -2.66. The minimum atomic E-state index is -0.277. The van der Waals surface area contributed by atoms with Gasteiger partial charge in [0.25, 0.3) is 5.91 Å². The van der Waals surface area contributed by atoms with Crippen LogP contribution in [0.1, 0.15) is 29.8 Å². The zero-order chi connectivity index (χ0) is 18.2. The van der Waals surface area contributed by atoms with Gasteiger partial charge in [-0.3, -0.25) is 9.59 Å². The molecule has 0 bridgehead atoms. The van der Waals surface area contributed by atoms with Crippen LogP contribution in [0.3, 0.4) is 0 Å². The fourth-order valence-electron chi connectivity index (χ4n) is 2.27. The van der Waals surface area contributed by atoms with E-state index in [1.807, 2.05) is 30.3 Å². The molecule has 0 aliphatic carbocycles. The van der Waals surface area contributed by atoms with E-state index in [9.17, 15) is 9.59 Å². The predicted octanol–water partition coefficient (Wildman–Crippen LogP) is 2.58. The average Bonchev–Trinajstić information content (AvgIpc) is 2.62. The second-order valence-electron chi connectivity index (χ2n) is 6.21. The van der Waals surface area contributed by atoms with Crippen LogP contribution in [0.15, 0.2) is 54.6 Å². The highest BCUT2D eigenvalue weighted by atomic mass is 16.2. The van der Waals surface area contributed by atoms with Crippen LogP contribution in [0.5, 0.6) is 0 Å². The number of rotatable bonds is 7. The van der Waals surface area contributed by atoms with E-state index in [1.165, 1.54) is 5.56 Å². The molecule has 2 amide bonds. The van der Waals surface area contributed by atoms with Crippen molar-refractivity contribution in [3.63, 3.8) is 0 Å². The lowest BCUT2D eigenvalue weighted by Crippen LogP contribution is -2.34. The van der Waals surface area contributed by atoms with Crippen molar-refractivity contribution < 1.29 is 9.59 Å². The molecule has 0 heterocycles. The standard InChI is InChI=1S/C20H25N3O2/c1-14(15(2)21)19(24)23-18-10-8-17(9-11-18)20(25)22-13-12-16-6-4-3-5-7-16/h3-11,14-15H,12-13,21H2,1-2H3,(H,22,25)(H,23,24). The average molecular weight is 339 g/mol. The number of carbonyl (C=O) groups excluding carboxylic acids is 2. The summed E-state index contributed by atoms with van der Waals surface area (Å²) in [6, 6.07) is 16.6. The topological polar surface area (TPSA) is 84.2 Å². The van der Waals surface area contributed by atoms with Gasteiger partial charge in [-0.25, -0.2) is 0 Å². The lowest BCUT2D eigenvalue weighted by molar-refractivity contribution is -0.119. The molecular formula is C20H25N3O2. The van der Waals surface area contributed by atoms with Gasteiger partial charge in [-0.1, -0.05) is 37.3 Å². The van der Waals surface area contributed by atoms with Crippen LogP contribution in [0.2, 0.25) is 0 Å².